The molecule has 20 heavy (non-hydrogen) atoms. The molecule has 2 aromatic rings. The zero-order chi connectivity index (χ0) is 14.6. The molecule has 0 aliphatic rings. The predicted octanol–water partition coefficient (Wildman–Crippen LogP) is 2.78. The van der Waals surface area contributed by atoms with Crippen LogP contribution in [-0.4, -0.2) is 20.1 Å². The number of aliphatic hydroxyl groups is 1. The first-order valence-electron chi connectivity index (χ1n) is 5.99. The third-order valence-electron chi connectivity index (χ3n) is 2.73. The molecule has 106 valence electrons. The Hall–Kier alpha value is -1.37. The van der Waals surface area contributed by atoms with Gasteiger partial charge in [0.05, 0.1) is 4.90 Å². The van der Waals surface area contributed by atoms with E-state index in [9.17, 15) is 8.42 Å². The Morgan fingerprint density at radius 1 is 1.00 bits per heavy atom. The normalized spacial score (nSPS) is 11.3. The van der Waals surface area contributed by atoms with Crippen molar-refractivity contribution in [3.63, 3.8) is 0 Å². The lowest BCUT2D eigenvalue weighted by Gasteiger charge is -2.08. The summed E-state index contributed by atoms with van der Waals surface area (Å²) in [6, 6.07) is 13.4. The Bertz CT molecular complexity index is 667. The van der Waals surface area contributed by atoms with E-state index in [4.69, 9.17) is 5.11 Å². The van der Waals surface area contributed by atoms with E-state index < -0.39 is 10.0 Å². The zero-order valence-corrected chi connectivity index (χ0v) is 13.0. The highest BCUT2D eigenvalue weighted by Crippen LogP contribution is 2.19. The van der Waals surface area contributed by atoms with Crippen LogP contribution in [0.25, 0.3) is 0 Å². The number of hydrogen-bond donors (Lipinski definition) is 2. The van der Waals surface area contributed by atoms with Gasteiger partial charge in [-0.15, -0.1) is 0 Å². The maximum absolute atomic E-state index is 12.2. The number of benzene rings is 2. The fraction of sp³-hybridized carbons (Fsp3) is 0.143. The number of hydrogen-bond acceptors (Lipinski definition) is 3. The maximum atomic E-state index is 12.2. The molecule has 0 unspecified atom stereocenters. The number of halogens is 1. The average molecular weight is 356 g/mol. The summed E-state index contributed by atoms with van der Waals surface area (Å²) in [5.74, 6) is 0. The first-order chi connectivity index (χ1) is 9.51. The third-order valence-corrected chi connectivity index (χ3v) is 4.66. The van der Waals surface area contributed by atoms with Crippen LogP contribution in [0.1, 0.15) is 5.56 Å². The van der Waals surface area contributed by atoms with E-state index in [0.717, 1.165) is 10.0 Å². The van der Waals surface area contributed by atoms with Crippen LogP contribution in [0.3, 0.4) is 0 Å². The van der Waals surface area contributed by atoms with Gasteiger partial charge in [-0.25, -0.2) is 8.42 Å². The highest BCUT2D eigenvalue weighted by atomic mass is 79.9. The topological polar surface area (TPSA) is 66.4 Å². The molecule has 0 saturated carbocycles. The summed E-state index contributed by atoms with van der Waals surface area (Å²) in [4.78, 5) is 0.196. The Kier molecular flexibility index (Phi) is 4.80. The first kappa shape index (κ1) is 15.0. The number of aliphatic hydroxyl groups excluding tert-OH is 1. The highest BCUT2D eigenvalue weighted by molar-refractivity contribution is 9.10. The summed E-state index contributed by atoms with van der Waals surface area (Å²) in [6.07, 6.45) is 0.514. The molecule has 0 radical (unpaired) electrons. The van der Waals surface area contributed by atoms with Gasteiger partial charge >= 0.3 is 0 Å². The lowest BCUT2D eigenvalue weighted by molar-refractivity contribution is 0.299. The smallest absolute Gasteiger partial charge is 0.261 e. The fourth-order valence-electron chi connectivity index (χ4n) is 1.70. The Morgan fingerprint density at radius 3 is 2.15 bits per heavy atom. The molecular formula is C14H14BrNO3S. The SMILES string of the molecule is O=S(=O)(Nc1ccc(Br)cc1)c1ccc(CCO)cc1. The first-order valence-corrected chi connectivity index (χ1v) is 8.27. The lowest BCUT2D eigenvalue weighted by Crippen LogP contribution is -2.12. The molecule has 0 aromatic heterocycles. The molecule has 0 heterocycles. The molecular weight excluding hydrogens is 342 g/mol. The van der Waals surface area contributed by atoms with Crippen molar-refractivity contribution in [2.24, 2.45) is 0 Å². The number of rotatable bonds is 5. The molecule has 0 spiro atoms. The van der Waals surface area contributed by atoms with Gasteiger partial charge in [-0.05, 0) is 48.4 Å². The van der Waals surface area contributed by atoms with E-state index in [0.29, 0.717) is 12.1 Å². The molecule has 0 aliphatic heterocycles. The molecule has 0 aliphatic carbocycles. The molecule has 4 nitrogen and oxygen atoms in total. The molecule has 2 N–H and O–H groups in total. The Morgan fingerprint density at radius 2 is 1.60 bits per heavy atom. The summed E-state index contributed by atoms with van der Waals surface area (Å²) in [5, 5.41) is 8.83. The zero-order valence-electron chi connectivity index (χ0n) is 10.6. The average Bonchev–Trinajstić information content (AvgIpc) is 2.42. The minimum Gasteiger partial charge on any atom is -0.396 e. The van der Waals surface area contributed by atoms with Gasteiger partial charge in [-0.3, -0.25) is 4.72 Å². The van der Waals surface area contributed by atoms with Crippen molar-refractivity contribution in [3.8, 4) is 0 Å². The standard InChI is InChI=1S/C14H14BrNO3S/c15-12-3-5-13(6-4-12)16-20(18,19)14-7-1-11(2-8-14)9-10-17/h1-8,16-17H,9-10H2. The van der Waals surface area contributed by atoms with Crippen LogP contribution in [0.2, 0.25) is 0 Å². The van der Waals surface area contributed by atoms with E-state index >= 15 is 0 Å². The van der Waals surface area contributed by atoms with Gasteiger partial charge in [-0.1, -0.05) is 28.1 Å². The second-order valence-corrected chi connectivity index (χ2v) is 6.83. The number of nitrogens with one attached hydrogen (secondary N) is 1. The molecule has 0 saturated heterocycles. The third kappa shape index (κ3) is 3.82. The number of anilines is 1. The summed E-state index contributed by atoms with van der Waals surface area (Å²) >= 11 is 3.30. The van der Waals surface area contributed by atoms with Crippen molar-refractivity contribution in [3.05, 3.63) is 58.6 Å². The van der Waals surface area contributed by atoms with Gasteiger partial charge in [-0.2, -0.15) is 0 Å². The summed E-state index contributed by atoms with van der Waals surface area (Å²) in [5.41, 5.74) is 1.41. The van der Waals surface area contributed by atoms with Crippen LogP contribution < -0.4 is 4.72 Å². The number of sulfonamides is 1. The van der Waals surface area contributed by atoms with Crippen LogP contribution in [0.5, 0.6) is 0 Å². The maximum Gasteiger partial charge on any atom is 0.261 e. The van der Waals surface area contributed by atoms with Crippen molar-refractivity contribution in [2.45, 2.75) is 11.3 Å². The second kappa shape index (κ2) is 6.39. The van der Waals surface area contributed by atoms with Crippen LogP contribution in [0, 0.1) is 0 Å². The van der Waals surface area contributed by atoms with Crippen LogP contribution in [0.15, 0.2) is 57.9 Å². The van der Waals surface area contributed by atoms with Gasteiger partial charge in [0, 0.05) is 16.8 Å². The largest absolute Gasteiger partial charge is 0.396 e. The van der Waals surface area contributed by atoms with E-state index in [-0.39, 0.29) is 11.5 Å². The molecule has 0 bridgehead atoms. The second-order valence-electron chi connectivity index (χ2n) is 4.23. The van der Waals surface area contributed by atoms with Gasteiger partial charge in [0.15, 0.2) is 0 Å². The minimum absolute atomic E-state index is 0.0449. The van der Waals surface area contributed by atoms with Crippen molar-refractivity contribution in [1.29, 1.82) is 0 Å². The van der Waals surface area contributed by atoms with Crippen LogP contribution in [0.4, 0.5) is 5.69 Å². The molecule has 0 fully saturated rings. The van der Waals surface area contributed by atoms with Crippen LogP contribution >= 0.6 is 15.9 Å². The van der Waals surface area contributed by atoms with Crippen molar-refractivity contribution >= 4 is 31.6 Å². The van der Waals surface area contributed by atoms with E-state index in [1.54, 1.807) is 36.4 Å². The lowest BCUT2D eigenvalue weighted by atomic mass is 10.2. The van der Waals surface area contributed by atoms with E-state index in [1.165, 1.54) is 12.1 Å². The van der Waals surface area contributed by atoms with Gasteiger partial charge in [0.2, 0.25) is 0 Å². The monoisotopic (exact) mass is 355 g/mol. The minimum atomic E-state index is -3.59. The predicted molar refractivity (Wildman–Crippen MR) is 82.2 cm³/mol. The summed E-state index contributed by atoms with van der Waals surface area (Å²) in [6.45, 7) is 0.0449. The molecule has 2 aromatic carbocycles. The molecule has 0 amide bonds. The molecule has 0 atom stereocenters. The summed E-state index contributed by atoms with van der Waals surface area (Å²) in [7, 11) is -3.59. The summed E-state index contributed by atoms with van der Waals surface area (Å²) < 4.78 is 27.8. The van der Waals surface area contributed by atoms with Gasteiger partial charge in [0.25, 0.3) is 10.0 Å². The van der Waals surface area contributed by atoms with Crippen LogP contribution in [-0.2, 0) is 16.4 Å². The van der Waals surface area contributed by atoms with E-state index in [2.05, 4.69) is 20.7 Å². The highest BCUT2D eigenvalue weighted by Gasteiger charge is 2.13. The van der Waals surface area contributed by atoms with E-state index in [1.807, 2.05) is 0 Å². The van der Waals surface area contributed by atoms with Crippen molar-refractivity contribution in [1.82, 2.24) is 0 Å². The molecule has 6 heteroatoms. The van der Waals surface area contributed by atoms with Crippen molar-refractivity contribution < 1.29 is 13.5 Å². The fourth-order valence-corrected chi connectivity index (χ4v) is 3.02. The quantitative estimate of drug-likeness (QED) is 0.866. The van der Waals surface area contributed by atoms with Crippen molar-refractivity contribution in [2.75, 3.05) is 11.3 Å². The van der Waals surface area contributed by atoms with Gasteiger partial charge < -0.3 is 5.11 Å². The Labute approximate surface area is 126 Å². The molecule has 2 rings (SSSR count). The van der Waals surface area contributed by atoms with Gasteiger partial charge in [0.1, 0.15) is 0 Å². The Balaban J connectivity index is 2.19.